The second kappa shape index (κ2) is 13.9. The molecule has 0 spiro atoms. The number of aliphatic imine (C=N–C) groups is 1. The molecule has 9 nitrogen and oxygen atoms in total. The van der Waals surface area contributed by atoms with E-state index in [-0.39, 0.29) is 41.8 Å². The van der Waals surface area contributed by atoms with Crippen LogP contribution < -0.4 is 22.5 Å². The molecule has 11 heteroatoms. The van der Waals surface area contributed by atoms with Crippen molar-refractivity contribution < 1.29 is 14.4 Å². The van der Waals surface area contributed by atoms with Gasteiger partial charge in [-0.25, -0.2) is 0 Å². The minimum Gasteiger partial charge on any atom is -0.370 e. The molecule has 1 fully saturated rings. The normalized spacial score (nSPS) is 17.1. The summed E-state index contributed by atoms with van der Waals surface area (Å²) in [4.78, 5) is 43.4. The largest absolute Gasteiger partial charge is 0.370 e. The maximum Gasteiger partial charge on any atom is 0.243 e. The molecule has 1 heterocycles. The van der Waals surface area contributed by atoms with Crippen LogP contribution in [0.25, 0.3) is 0 Å². The van der Waals surface area contributed by atoms with Crippen LogP contribution in [-0.4, -0.2) is 65.6 Å². The van der Waals surface area contributed by atoms with Gasteiger partial charge >= 0.3 is 0 Å². The van der Waals surface area contributed by atoms with E-state index in [1.807, 2.05) is 30.3 Å². The summed E-state index contributed by atoms with van der Waals surface area (Å²) < 4.78 is 0. The predicted octanol–water partition coefficient (Wildman–Crippen LogP) is 0.316. The van der Waals surface area contributed by atoms with Gasteiger partial charge in [-0.15, -0.1) is 24.0 Å². The SMILES string of the molecule is Cl.NC(N)=NCCC[C@H](NC(=O)[C@@H]1CCCN1C(=O)[C@H](N)Cc1ccccc1)C(=O)CCl. The molecule has 0 radical (unpaired) electrons. The highest BCUT2D eigenvalue weighted by atomic mass is 35.5. The first kappa shape index (κ1) is 27.7. The number of nitrogens with two attached hydrogens (primary N) is 3. The molecule has 178 valence electrons. The summed E-state index contributed by atoms with van der Waals surface area (Å²) in [7, 11) is 0. The van der Waals surface area contributed by atoms with E-state index in [1.165, 1.54) is 4.90 Å². The van der Waals surface area contributed by atoms with Gasteiger partial charge in [0.15, 0.2) is 11.7 Å². The van der Waals surface area contributed by atoms with E-state index in [0.717, 1.165) is 5.56 Å². The lowest BCUT2D eigenvalue weighted by Crippen LogP contribution is -2.54. The Kier molecular flexibility index (Phi) is 12.0. The molecule has 1 aromatic rings. The van der Waals surface area contributed by atoms with Crippen molar-refractivity contribution in [1.29, 1.82) is 0 Å². The van der Waals surface area contributed by atoms with Gasteiger partial charge in [0.05, 0.1) is 18.0 Å². The van der Waals surface area contributed by atoms with Crippen LogP contribution in [0.2, 0.25) is 0 Å². The van der Waals surface area contributed by atoms with Gasteiger partial charge < -0.3 is 27.4 Å². The second-order valence-corrected chi connectivity index (χ2v) is 7.86. The van der Waals surface area contributed by atoms with Crippen molar-refractivity contribution >= 4 is 47.6 Å². The van der Waals surface area contributed by atoms with Gasteiger partial charge in [-0.05, 0) is 37.7 Å². The van der Waals surface area contributed by atoms with Crippen LogP contribution in [0, 0.1) is 0 Å². The van der Waals surface area contributed by atoms with E-state index < -0.39 is 18.1 Å². The molecule has 1 aromatic carbocycles. The fourth-order valence-corrected chi connectivity index (χ4v) is 3.84. The Balaban J connectivity index is 0.00000512. The van der Waals surface area contributed by atoms with Gasteiger partial charge in [-0.2, -0.15) is 0 Å². The van der Waals surface area contributed by atoms with Crippen LogP contribution in [-0.2, 0) is 20.8 Å². The summed E-state index contributed by atoms with van der Waals surface area (Å²) in [6.07, 6.45) is 2.46. The summed E-state index contributed by atoms with van der Waals surface area (Å²) in [5.41, 5.74) is 17.7. The maximum absolute atomic E-state index is 12.9. The number of carbonyl (C=O) groups is 3. The number of benzene rings is 1. The smallest absolute Gasteiger partial charge is 0.243 e. The number of alkyl halides is 1. The molecular formula is C21H32Cl2N6O3. The van der Waals surface area contributed by atoms with Crippen LogP contribution >= 0.6 is 24.0 Å². The molecule has 1 saturated heterocycles. The zero-order chi connectivity index (χ0) is 22.8. The van der Waals surface area contributed by atoms with Gasteiger partial charge in [0.25, 0.3) is 0 Å². The minimum absolute atomic E-state index is 0. The highest BCUT2D eigenvalue weighted by Gasteiger charge is 2.37. The Morgan fingerprint density at radius 2 is 1.91 bits per heavy atom. The average Bonchev–Trinajstić information content (AvgIpc) is 3.25. The number of hydrogen-bond acceptors (Lipinski definition) is 5. The summed E-state index contributed by atoms with van der Waals surface area (Å²) in [6, 6.07) is 7.34. The summed E-state index contributed by atoms with van der Waals surface area (Å²) in [5.74, 6) is -1.19. The summed E-state index contributed by atoms with van der Waals surface area (Å²) in [6.45, 7) is 0.796. The molecule has 0 unspecified atom stereocenters. The number of Topliss-reactive ketones (excluding diaryl/α,β-unsaturated/α-hetero) is 1. The van der Waals surface area contributed by atoms with Crippen molar-refractivity contribution in [3.8, 4) is 0 Å². The predicted molar refractivity (Wildman–Crippen MR) is 128 cm³/mol. The molecule has 32 heavy (non-hydrogen) atoms. The number of amides is 2. The molecule has 1 aliphatic heterocycles. The third kappa shape index (κ3) is 8.29. The third-order valence-electron chi connectivity index (χ3n) is 5.24. The molecule has 2 rings (SSSR count). The minimum atomic E-state index is -0.755. The van der Waals surface area contributed by atoms with Crippen LogP contribution in [0.15, 0.2) is 35.3 Å². The third-order valence-corrected chi connectivity index (χ3v) is 5.50. The first-order chi connectivity index (χ1) is 14.8. The number of nitrogens with zero attached hydrogens (tertiary/aromatic N) is 2. The summed E-state index contributed by atoms with van der Waals surface area (Å²) >= 11 is 5.70. The second-order valence-electron chi connectivity index (χ2n) is 7.60. The first-order valence-electron chi connectivity index (χ1n) is 10.4. The number of rotatable bonds is 11. The number of guanidine groups is 1. The van der Waals surface area contributed by atoms with E-state index >= 15 is 0 Å². The number of ketones is 1. The number of halogens is 2. The molecule has 3 atom stereocenters. The fourth-order valence-electron chi connectivity index (χ4n) is 3.65. The van der Waals surface area contributed by atoms with Gasteiger partial charge in [0, 0.05) is 13.1 Å². The van der Waals surface area contributed by atoms with Crippen LogP contribution in [0.1, 0.15) is 31.2 Å². The lowest BCUT2D eigenvalue weighted by molar-refractivity contribution is -0.140. The maximum atomic E-state index is 12.9. The van der Waals surface area contributed by atoms with Gasteiger partial charge in [-0.1, -0.05) is 30.3 Å². The molecule has 0 aliphatic carbocycles. The molecule has 0 bridgehead atoms. The monoisotopic (exact) mass is 486 g/mol. The quantitative estimate of drug-likeness (QED) is 0.152. The van der Waals surface area contributed by atoms with Crippen LogP contribution in [0.3, 0.4) is 0 Å². The van der Waals surface area contributed by atoms with Crippen molar-refractivity contribution in [2.24, 2.45) is 22.2 Å². The summed E-state index contributed by atoms with van der Waals surface area (Å²) in [5, 5.41) is 2.75. The Labute approximate surface area is 199 Å². The first-order valence-corrected chi connectivity index (χ1v) is 10.9. The Bertz CT molecular complexity index is 789. The van der Waals surface area contributed by atoms with Crippen molar-refractivity contribution in [3.63, 3.8) is 0 Å². The van der Waals surface area contributed by atoms with Gasteiger partial charge in [-0.3, -0.25) is 19.4 Å². The topological polar surface area (TPSA) is 157 Å². The van der Waals surface area contributed by atoms with Crippen LogP contribution in [0.5, 0.6) is 0 Å². The van der Waals surface area contributed by atoms with Gasteiger partial charge in [0.2, 0.25) is 11.8 Å². The zero-order valence-corrected chi connectivity index (χ0v) is 19.5. The van der Waals surface area contributed by atoms with Crippen LogP contribution in [0.4, 0.5) is 0 Å². The molecule has 0 saturated carbocycles. The molecular weight excluding hydrogens is 455 g/mol. The number of carbonyl (C=O) groups excluding carboxylic acids is 3. The van der Waals surface area contributed by atoms with Crippen molar-refractivity contribution in [2.75, 3.05) is 19.0 Å². The molecule has 0 aromatic heterocycles. The number of likely N-dealkylation sites (tertiary alicyclic amines) is 1. The van der Waals surface area contributed by atoms with Crippen molar-refractivity contribution in [2.45, 2.75) is 50.2 Å². The Morgan fingerprint density at radius 3 is 2.53 bits per heavy atom. The highest BCUT2D eigenvalue weighted by Crippen LogP contribution is 2.20. The Hall–Kier alpha value is -2.36. The zero-order valence-electron chi connectivity index (χ0n) is 17.9. The lowest BCUT2D eigenvalue weighted by Gasteiger charge is -2.28. The van der Waals surface area contributed by atoms with E-state index in [2.05, 4.69) is 10.3 Å². The van der Waals surface area contributed by atoms with E-state index in [1.54, 1.807) is 0 Å². The molecule has 2 amide bonds. The van der Waals surface area contributed by atoms with Crippen molar-refractivity contribution in [1.82, 2.24) is 10.2 Å². The standard InChI is InChI=1S/C21H31ClN6O3.ClH/c22-13-18(29)16(8-4-10-26-21(24)25)27-19(30)17-9-5-11-28(17)20(31)15(23)12-14-6-2-1-3-7-14;/h1-3,6-7,15-17H,4-5,8-13,23H2,(H,27,30)(H4,24,25,26);1H/t15-,16+,17+;/m1./s1. The highest BCUT2D eigenvalue weighted by molar-refractivity contribution is 6.28. The number of hydrogen-bond donors (Lipinski definition) is 4. The van der Waals surface area contributed by atoms with Crippen molar-refractivity contribution in [3.05, 3.63) is 35.9 Å². The fraction of sp³-hybridized carbons (Fsp3) is 0.524. The molecule has 1 aliphatic rings. The Morgan fingerprint density at radius 1 is 1.22 bits per heavy atom. The number of nitrogens with one attached hydrogen (secondary N) is 1. The van der Waals surface area contributed by atoms with E-state index in [0.29, 0.717) is 45.2 Å². The molecule has 7 N–H and O–H groups in total. The van der Waals surface area contributed by atoms with E-state index in [4.69, 9.17) is 28.8 Å². The van der Waals surface area contributed by atoms with Gasteiger partial charge in [0.1, 0.15) is 6.04 Å². The van der Waals surface area contributed by atoms with E-state index in [9.17, 15) is 14.4 Å². The average molecular weight is 487 g/mol. The lowest BCUT2D eigenvalue weighted by atomic mass is 10.0.